The molecule has 0 bridgehead atoms. The Balaban J connectivity index is 1.46. The van der Waals surface area contributed by atoms with Crippen molar-refractivity contribution in [1.82, 2.24) is 9.47 Å². The number of imide groups is 1. The fraction of sp³-hybridized carbons (Fsp3) is 0.0769. The molecular formula is C26H18F2N2O2S. The van der Waals surface area contributed by atoms with E-state index in [1.165, 1.54) is 18.2 Å². The lowest BCUT2D eigenvalue weighted by Crippen LogP contribution is -2.27. The summed E-state index contributed by atoms with van der Waals surface area (Å²) < 4.78 is 29.3. The molecule has 1 aliphatic heterocycles. The van der Waals surface area contributed by atoms with E-state index in [4.69, 9.17) is 0 Å². The van der Waals surface area contributed by atoms with Crippen molar-refractivity contribution in [2.75, 3.05) is 0 Å². The number of halogens is 2. The summed E-state index contributed by atoms with van der Waals surface area (Å²) in [6.07, 6.45) is 3.62. The minimum absolute atomic E-state index is 0.110. The molecule has 164 valence electrons. The molecule has 1 aromatic heterocycles. The average Bonchev–Trinajstić information content (AvgIpc) is 3.29. The normalized spacial score (nSPS) is 15.2. The predicted octanol–water partition coefficient (Wildman–Crippen LogP) is 6.20. The smallest absolute Gasteiger partial charge is 0.293 e. The zero-order valence-corrected chi connectivity index (χ0v) is 18.2. The molecule has 1 aliphatic rings. The third-order valence-electron chi connectivity index (χ3n) is 5.53. The van der Waals surface area contributed by atoms with Crippen LogP contribution in [0.4, 0.5) is 13.6 Å². The fourth-order valence-electron chi connectivity index (χ4n) is 3.88. The summed E-state index contributed by atoms with van der Waals surface area (Å²) in [4.78, 5) is 26.8. The molecule has 3 aromatic carbocycles. The van der Waals surface area contributed by atoms with Gasteiger partial charge >= 0.3 is 0 Å². The van der Waals surface area contributed by atoms with E-state index in [-0.39, 0.29) is 17.9 Å². The minimum Gasteiger partial charge on any atom is -0.342 e. The zero-order chi connectivity index (χ0) is 22.9. The van der Waals surface area contributed by atoms with Crippen molar-refractivity contribution in [2.45, 2.75) is 13.1 Å². The van der Waals surface area contributed by atoms with Crippen LogP contribution in [0.25, 0.3) is 17.0 Å². The first-order valence-electron chi connectivity index (χ1n) is 10.3. The SMILES string of the molecule is O=C1S/C(=C\c2cn(Cc3ccc(F)cc3)c3ccccc23)C(=O)N1Cc1ccccc1F. The number of benzene rings is 3. The van der Waals surface area contributed by atoms with E-state index in [2.05, 4.69) is 0 Å². The maximum absolute atomic E-state index is 14.0. The summed E-state index contributed by atoms with van der Waals surface area (Å²) in [5.74, 6) is -1.18. The van der Waals surface area contributed by atoms with Crippen molar-refractivity contribution in [3.05, 3.63) is 112 Å². The second-order valence-electron chi connectivity index (χ2n) is 7.72. The van der Waals surface area contributed by atoms with Gasteiger partial charge in [0.15, 0.2) is 0 Å². The Morgan fingerprint density at radius 3 is 2.36 bits per heavy atom. The molecular weight excluding hydrogens is 442 g/mol. The molecule has 7 heteroatoms. The van der Waals surface area contributed by atoms with Gasteiger partial charge in [-0.3, -0.25) is 14.5 Å². The lowest BCUT2D eigenvalue weighted by molar-refractivity contribution is -0.123. The predicted molar refractivity (Wildman–Crippen MR) is 125 cm³/mol. The minimum atomic E-state index is -0.454. The number of aromatic nitrogens is 1. The number of amides is 2. The number of para-hydroxylation sites is 1. The highest BCUT2D eigenvalue weighted by Crippen LogP contribution is 2.35. The molecule has 0 aliphatic carbocycles. The second-order valence-corrected chi connectivity index (χ2v) is 8.71. The van der Waals surface area contributed by atoms with Crippen LogP contribution < -0.4 is 0 Å². The Labute approximate surface area is 193 Å². The molecule has 2 amide bonds. The zero-order valence-electron chi connectivity index (χ0n) is 17.4. The van der Waals surface area contributed by atoms with Crippen LogP contribution in [0.5, 0.6) is 0 Å². The number of hydrogen-bond acceptors (Lipinski definition) is 3. The van der Waals surface area contributed by atoms with Crippen LogP contribution in [-0.4, -0.2) is 20.6 Å². The molecule has 0 N–H and O–H groups in total. The topological polar surface area (TPSA) is 42.3 Å². The molecule has 33 heavy (non-hydrogen) atoms. The summed E-state index contributed by atoms with van der Waals surface area (Å²) in [6, 6.07) is 20.2. The lowest BCUT2D eigenvalue weighted by atomic mass is 10.1. The third-order valence-corrected chi connectivity index (χ3v) is 6.44. The summed E-state index contributed by atoms with van der Waals surface area (Å²) in [7, 11) is 0. The van der Waals surface area contributed by atoms with E-state index in [1.54, 1.807) is 36.4 Å². The maximum Gasteiger partial charge on any atom is 0.293 e. The van der Waals surface area contributed by atoms with Crippen LogP contribution in [0, 0.1) is 11.6 Å². The number of fused-ring (bicyclic) bond motifs is 1. The summed E-state index contributed by atoms with van der Waals surface area (Å²) in [5, 5.41) is 0.505. The van der Waals surface area contributed by atoms with Gasteiger partial charge in [-0.25, -0.2) is 8.78 Å². The molecule has 0 atom stereocenters. The highest BCUT2D eigenvalue weighted by Gasteiger charge is 2.35. The van der Waals surface area contributed by atoms with Crippen molar-refractivity contribution in [3.63, 3.8) is 0 Å². The van der Waals surface area contributed by atoms with Gasteiger partial charge in [-0.05, 0) is 47.7 Å². The van der Waals surface area contributed by atoms with E-state index in [0.717, 1.165) is 38.7 Å². The molecule has 4 aromatic rings. The lowest BCUT2D eigenvalue weighted by Gasteiger charge is -2.12. The molecule has 0 radical (unpaired) electrons. The standard InChI is InChI=1S/C26H18F2N2O2S/c27-20-11-9-17(10-12-20)14-29-15-19(21-6-2-4-8-23(21)29)13-24-25(31)30(26(32)33-24)16-18-5-1-3-7-22(18)28/h1-13,15H,14,16H2/b24-13-. The first kappa shape index (κ1) is 21.2. The summed E-state index contributed by atoms with van der Waals surface area (Å²) in [6.45, 7) is 0.421. The molecule has 1 fully saturated rings. The van der Waals surface area contributed by atoms with Gasteiger partial charge in [0.1, 0.15) is 11.6 Å². The van der Waals surface area contributed by atoms with E-state index in [9.17, 15) is 18.4 Å². The van der Waals surface area contributed by atoms with Crippen LogP contribution in [0.1, 0.15) is 16.7 Å². The summed E-state index contributed by atoms with van der Waals surface area (Å²) in [5.41, 5.74) is 2.98. The van der Waals surface area contributed by atoms with Crippen LogP contribution in [0.3, 0.4) is 0 Å². The first-order chi connectivity index (χ1) is 16.0. The molecule has 0 spiro atoms. The van der Waals surface area contributed by atoms with E-state index < -0.39 is 17.0 Å². The molecule has 1 saturated heterocycles. The van der Waals surface area contributed by atoms with E-state index in [1.807, 2.05) is 35.0 Å². The Morgan fingerprint density at radius 1 is 0.848 bits per heavy atom. The van der Waals surface area contributed by atoms with E-state index in [0.29, 0.717) is 11.4 Å². The Bertz CT molecular complexity index is 1410. The summed E-state index contributed by atoms with van der Waals surface area (Å²) >= 11 is 0.850. The third kappa shape index (κ3) is 4.19. The molecule has 4 nitrogen and oxygen atoms in total. The van der Waals surface area contributed by atoms with Crippen molar-refractivity contribution >= 4 is 39.9 Å². The Hall–Kier alpha value is -3.71. The van der Waals surface area contributed by atoms with Gasteiger partial charge in [0.25, 0.3) is 11.1 Å². The number of carbonyl (C=O) groups is 2. The number of thioether (sulfide) groups is 1. The van der Waals surface area contributed by atoms with Crippen molar-refractivity contribution < 1.29 is 18.4 Å². The van der Waals surface area contributed by atoms with Gasteiger partial charge < -0.3 is 4.57 Å². The van der Waals surface area contributed by atoms with Gasteiger partial charge in [0.2, 0.25) is 0 Å². The van der Waals surface area contributed by atoms with Crippen LogP contribution in [0.15, 0.2) is 83.9 Å². The van der Waals surface area contributed by atoms with Gasteiger partial charge in [-0.15, -0.1) is 0 Å². The van der Waals surface area contributed by atoms with Crippen LogP contribution in [-0.2, 0) is 17.9 Å². The first-order valence-corrected chi connectivity index (χ1v) is 11.1. The molecule has 2 heterocycles. The Kier molecular flexibility index (Phi) is 5.56. The van der Waals surface area contributed by atoms with Gasteiger partial charge in [0.05, 0.1) is 11.4 Å². The molecule has 5 rings (SSSR count). The van der Waals surface area contributed by atoms with Crippen molar-refractivity contribution in [1.29, 1.82) is 0 Å². The molecule has 0 saturated carbocycles. The fourth-order valence-corrected chi connectivity index (χ4v) is 4.71. The van der Waals surface area contributed by atoms with Gasteiger partial charge in [0, 0.05) is 34.8 Å². The number of carbonyl (C=O) groups excluding carboxylic acids is 2. The van der Waals surface area contributed by atoms with Crippen molar-refractivity contribution in [2.24, 2.45) is 0 Å². The van der Waals surface area contributed by atoms with Gasteiger partial charge in [-0.2, -0.15) is 0 Å². The van der Waals surface area contributed by atoms with Crippen LogP contribution >= 0.6 is 11.8 Å². The maximum atomic E-state index is 14.0. The number of hydrogen-bond donors (Lipinski definition) is 0. The van der Waals surface area contributed by atoms with Crippen molar-refractivity contribution in [3.8, 4) is 0 Å². The van der Waals surface area contributed by atoms with E-state index >= 15 is 0 Å². The quantitative estimate of drug-likeness (QED) is 0.333. The second kappa shape index (κ2) is 8.67. The monoisotopic (exact) mass is 460 g/mol. The average molecular weight is 461 g/mol. The highest BCUT2D eigenvalue weighted by atomic mass is 32.2. The number of nitrogens with zero attached hydrogens (tertiary/aromatic N) is 2. The number of rotatable bonds is 5. The van der Waals surface area contributed by atoms with Gasteiger partial charge in [-0.1, -0.05) is 48.5 Å². The highest BCUT2D eigenvalue weighted by molar-refractivity contribution is 8.18. The van der Waals surface area contributed by atoms with Crippen LogP contribution in [0.2, 0.25) is 0 Å². The largest absolute Gasteiger partial charge is 0.342 e. The Morgan fingerprint density at radius 2 is 1.58 bits per heavy atom. The molecule has 0 unspecified atom stereocenters.